The Morgan fingerprint density at radius 3 is 2.81 bits per heavy atom. The zero-order chi connectivity index (χ0) is 14.2. The van der Waals surface area contributed by atoms with Gasteiger partial charge in [0.05, 0.1) is 6.04 Å². The Bertz CT molecular complexity index is 777. The first-order chi connectivity index (χ1) is 10.3. The summed E-state index contributed by atoms with van der Waals surface area (Å²) >= 11 is 0. The van der Waals surface area contributed by atoms with Crippen LogP contribution in [-0.4, -0.2) is 11.5 Å². The third-order valence-electron chi connectivity index (χ3n) is 4.30. The van der Waals surface area contributed by atoms with Crippen LogP contribution in [0.2, 0.25) is 0 Å². The van der Waals surface area contributed by atoms with E-state index in [1.807, 2.05) is 12.1 Å². The fourth-order valence-electron chi connectivity index (χ4n) is 3.31. The van der Waals surface area contributed by atoms with E-state index in [1.54, 1.807) is 6.07 Å². The molecule has 21 heavy (non-hydrogen) atoms. The number of fused-ring (bicyclic) bond motifs is 3. The van der Waals surface area contributed by atoms with Gasteiger partial charge in [-0.05, 0) is 48.7 Å². The summed E-state index contributed by atoms with van der Waals surface area (Å²) in [5.41, 5.74) is 4.82. The molecule has 106 valence electrons. The van der Waals surface area contributed by atoms with Crippen molar-refractivity contribution >= 4 is 10.9 Å². The fourth-order valence-corrected chi connectivity index (χ4v) is 3.31. The first kappa shape index (κ1) is 12.6. The normalized spacial score (nSPS) is 17.9. The molecule has 0 spiro atoms. The quantitative estimate of drug-likeness (QED) is 0.735. The molecule has 1 unspecified atom stereocenters. The van der Waals surface area contributed by atoms with E-state index in [1.165, 1.54) is 22.9 Å². The van der Waals surface area contributed by atoms with Gasteiger partial charge in [-0.25, -0.2) is 4.39 Å². The third kappa shape index (κ3) is 2.24. The average molecular weight is 280 g/mol. The lowest BCUT2D eigenvalue weighted by Crippen LogP contribution is -2.31. The van der Waals surface area contributed by atoms with Crippen molar-refractivity contribution in [3.63, 3.8) is 0 Å². The van der Waals surface area contributed by atoms with Gasteiger partial charge < -0.3 is 10.3 Å². The van der Waals surface area contributed by atoms with E-state index < -0.39 is 0 Å². The highest BCUT2D eigenvalue weighted by Crippen LogP contribution is 2.32. The summed E-state index contributed by atoms with van der Waals surface area (Å²) in [4.78, 5) is 3.48. The van der Waals surface area contributed by atoms with Gasteiger partial charge in [-0.1, -0.05) is 30.3 Å². The Balaban J connectivity index is 1.76. The van der Waals surface area contributed by atoms with Gasteiger partial charge in [0.1, 0.15) is 5.82 Å². The zero-order valence-corrected chi connectivity index (χ0v) is 11.7. The van der Waals surface area contributed by atoms with Gasteiger partial charge in [-0.2, -0.15) is 0 Å². The number of benzene rings is 2. The summed E-state index contributed by atoms with van der Waals surface area (Å²) < 4.78 is 13.5. The summed E-state index contributed by atoms with van der Waals surface area (Å²) in [5.74, 6) is -0.164. The number of H-pyrrole nitrogens is 1. The second-order valence-corrected chi connectivity index (χ2v) is 5.65. The molecule has 2 heterocycles. The van der Waals surface area contributed by atoms with E-state index >= 15 is 0 Å². The Hall–Kier alpha value is -2.13. The van der Waals surface area contributed by atoms with Crippen molar-refractivity contribution in [3.05, 3.63) is 71.2 Å². The van der Waals surface area contributed by atoms with Crippen LogP contribution >= 0.6 is 0 Å². The minimum absolute atomic E-state index is 0.164. The summed E-state index contributed by atoms with van der Waals surface area (Å²) in [6.07, 6.45) is 1.90. The van der Waals surface area contributed by atoms with Crippen molar-refractivity contribution in [1.29, 1.82) is 0 Å². The number of hydrogen-bond acceptors (Lipinski definition) is 1. The standard InChI is InChI=1S/C18H17FN2/c19-13-6-7-16-15(11-13)14-8-9-20-17(18(14)21-16)10-12-4-2-1-3-5-12/h1-7,11,17,20-21H,8-10H2. The Kier molecular flexibility index (Phi) is 3.00. The lowest BCUT2D eigenvalue weighted by Gasteiger charge is -2.24. The van der Waals surface area contributed by atoms with Gasteiger partial charge in [0.25, 0.3) is 0 Å². The number of rotatable bonds is 2. The van der Waals surface area contributed by atoms with E-state index in [2.05, 4.69) is 34.6 Å². The molecule has 0 saturated heterocycles. The molecule has 4 rings (SSSR count). The van der Waals surface area contributed by atoms with Crippen molar-refractivity contribution in [3.8, 4) is 0 Å². The zero-order valence-electron chi connectivity index (χ0n) is 11.7. The molecule has 0 fully saturated rings. The topological polar surface area (TPSA) is 27.8 Å². The van der Waals surface area contributed by atoms with E-state index in [0.717, 1.165) is 30.3 Å². The van der Waals surface area contributed by atoms with Crippen LogP contribution < -0.4 is 5.32 Å². The molecule has 0 amide bonds. The van der Waals surface area contributed by atoms with Crippen LogP contribution in [0.3, 0.4) is 0 Å². The summed E-state index contributed by atoms with van der Waals surface area (Å²) in [5, 5.41) is 4.61. The predicted molar refractivity (Wildman–Crippen MR) is 82.9 cm³/mol. The van der Waals surface area contributed by atoms with E-state index in [4.69, 9.17) is 0 Å². The molecule has 2 aromatic carbocycles. The van der Waals surface area contributed by atoms with E-state index in [0.29, 0.717) is 0 Å². The number of aromatic nitrogens is 1. The highest BCUT2D eigenvalue weighted by atomic mass is 19.1. The summed E-state index contributed by atoms with van der Waals surface area (Å²) in [6.45, 7) is 0.938. The summed E-state index contributed by atoms with van der Waals surface area (Å²) in [6, 6.07) is 15.7. The molecule has 1 atom stereocenters. The van der Waals surface area contributed by atoms with Crippen LogP contribution in [-0.2, 0) is 12.8 Å². The maximum absolute atomic E-state index is 13.5. The van der Waals surface area contributed by atoms with Crippen LogP contribution in [0.15, 0.2) is 48.5 Å². The van der Waals surface area contributed by atoms with Gasteiger partial charge >= 0.3 is 0 Å². The lowest BCUT2D eigenvalue weighted by molar-refractivity contribution is 0.495. The van der Waals surface area contributed by atoms with Gasteiger partial charge in [0.15, 0.2) is 0 Å². The van der Waals surface area contributed by atoms with Gasteiger partial charge in [-0.15, -0.1) is 0 Å². The lowest BCUT2D eigenvalue weighted by atomic mass is 9.95. The predicted octanol–water partition coefficient (Wildman–Crippen LogP) is 3.74. The monoisotopic (exact) mass is 280 g/mol. The molecule has 2 nitrogen and oxygen atoms in total. The van der Waals surface area contributed by atoms with Crippen molar-refractivity contribution in [2.45, 2.75) is 18.9 Å². The smallest absolute Gasteiger partial charge is 0.123 e. The molecule has 1 aliphatic heterocycles. The Morgan fingerprint density at radius 2 is 1.95 bits per heavy atom. The fraction of sp³-hybridized carbons (Fsp3) is 0.222. The van der Waals surface area contributed by atoms with Gasteiger partial charge in [0, 0.05) is 16.6 Å². The molecule has 0 bridgehead atoms. The Labute approximate surface area is 123 Å². The second kappa shape index (κ2) is 5.01. The van der Waals surface area contributed by atoms with E-state index in [-0.39, 0.29) is 11.9 Å². The maximum Gasteiger partial charge on any atom is 0.123 e. The first-order valence-electron chi connectivity index (χ1n) is 7.38. The van der Waals surface area contributed by atoms with Gasteiger partial charge in [0.2, 0.25) is 0 Å². The third-order valence-corrected chi connectivity index (χ3v) is 4.30. The van der Waals surface area contributed by atoms with Crippen LogP contribution in [0, 0.1) is 5.82 Å². The largest absolute Gasteiger partial charge is 0.357 e. The van der Waals surface area contributed by atoms with Crippen LogP contribution in [0.4, 0.5) is 4.39 Å². The molecule has 0 saturated carbocycles. The minimum atomic E-state index is -0.164. The molecule has 3 aromatic rings. The first-order valence-corrected chi connectivity index (χ1v) is 7.38. The van der Waals surface area contributed by atoms with Crippen molar-refractivity contribution < 1.29 is 4.39 Å². The average Bonchev–Trinajstić information content (AvgIpc) is 2.88. The van der Waals surface area contributed by atoms with Crippen LogP contribution in [0.5, 0.6) is 0 Å². The molecule has 3 heteroatoms. The molecule has 1 aromatic heterocycles. The molecule has 0 radical (unpaired) electrons. The van der Waals surface area contributed by atoms with Crippen molar-refractivity contribution in [2.24, 2.45) is 0 Å². The number of halogens is 1. The minimum Gasteiger partial charge on any atom is -0.357 e. The molecular formula is C18H17FN2. The van der Waals surface area contributed by atoms with Crippen molar-refractivity contribution in [1.82, 2.24) is 10.3 Å². The van der Waals surface area contributed by atoms with E-state index in [9.17, 15) is 4.39 Å². The number of hydrogen-bond donors (Lipinski definition) is 2. The number of aromatic amines is 1. The van der Waals surface area contributed by atoms with Crippen LogP contribution in [0.25, 0.3) is 10.9 Å². The number of nitrogens with one attached hydrogen (secondary N) is 2. The van der Waals surface area contributed by atoms with Crippen LogP contribution in [0.1, 0.15) is 22.9 Å². The molecular weight excluding hydrogens is 263 g/mol. The molecule has 0 aliphatic carbocycles. The highest BCUT2D eigenvalue weighted by Gasteiger charge is 2.24. The summed E-state index contributed by atoms with van der Waals surface area (Å²) in [7, 11) is 0. The maximum atomic E-state index is 13.5. The SMILES string of the molecule is Fc1ccc2[nH]c3c(c2c1)CCNC3Cc1ccccc1. The van der Waals surface area contributed by atoms with Crippen molar-refractivity contribution in [2.75, 3.05) is 6.54 Å². The molecule has 2 N–H and O–H groups in total. The Morgan fingerprint density at radius 1 is 1.10 bits per heavy atom. The molecule has 1 aliphatic rings. The second-order valence-electron chi connectivity index (χ2n) is 5.65. The highest BCUT2D eigenvalue weighted by molar-refractivity contribution is 5.85. The van der Waals surface area contributed by atoms with Gasteiger partial charge in [-0.3, -0.25) is 0 Å².